The molecule has 2 rings (SSSR count). The van der Waals surface area contributed by atoms with E-state index in [4.69, 9.17) is 9.73 Å². The highest BCUT2D eigenvalue weighted by Gasteiger charge is 2.37. The Morgan fingerprint density at radius 1 is 1.13 bits per heavy atom. The van der Waals surface area contributed by atoms with Crippen molar-refractivity contribution in [3.05, 3.63) is 12.2 Å². The SMILES string of the molecule is CC[C@@H](C[C@@H](CC)N(CC(C)C)C(O)C(/C=N\CC(C)(C)C)C(NC)NCCCOC)C(=O)N1CCC(C2CC=CCC2)CC1. The largest absolute Gasteiger partial charge is 0.385 e. The van der Waals surface area contributed by atoms with Gasteiger partial charge in [-0.25, -0.2) is 0 Å². The summed E-state index contributed by atoms with van der Waals surface area (Å²) in [5.41, 5.74) is 0.0627. The van der Waals surface area contributed by atoms with Crippen LogP contribution >= 0.6 is 0 Å². The number of carbonyl (C=O) groups excluding carboxylic acids is 1. The molecular weight excluding hydrogens is 562 g/mol. The predicted octanol–water partition coefficient (Wildman–Crippen LogP) is 5.96. The molecule has 262 valence electrons. The van der Waals surface area contributed by atoms with Gasteiger partial charge in [-0.2, -0.15) is 0 Å². The number of methoxy groups -OCH3 is 1. The lowest BCUT2D eigenvalue weighted by Gasteiger charge is -2.43. The third-order valence-corrected chi connectivity index (χ3v) is 9.86. The lowest BCUT2D eigenvalue weighted by molar-refractivity contribution is -0.139. The van der Waals surface area contributed by atoms with Crippen LogP contribution < -0.4 is 10.6 Å². The maximum Gasteiger partial charge on any atom is 0.225 e. The minimum absolute atomic E-state index is 0.0359. The third kappa shape index (κ3) is 13.7. The number of ether oxygens (including phenoxy) is 1. The van der Waals surface area contributed by atoms with E-state index in [-0.39, 0.29) is 29.5 Å². The Bertz CT molecular complexity index is 865. The molecule has 0 radical (unpaired) electrons. The fraction of sp³-hybridized carbons (Fsp3) is 0.892. The Hall–Kier alpha value is -1.32. The van der Waals surface area contributed by atoms with E-state index >= 15 is 0 Å². The summed E-state index contributed by atoms with van der Waals surface area (Å²) in [6.07, 6.45) is 15.1. The van der Waals surface area contributed by atoms with Crippen LogP contribution in [-0.2, 0) is 9.53 Å². The Balaban J connectivity index is 2.22. The summed E-state index contributed by atoms with van der Waals surface area (Å²) in [6, 6.07) is 0.0902. The van der Waals surface area contributed by atoms with Crippen LogP contribution in [0, 0.1) is 35.0 Å². The van der Waals surface area contributed by atoms with Gasteiger partial charge in [-0.15, -0.1) is 0 Å². The number of rotatable bonds is 20. The summed E-state index contributed by atoms with van der Waals surface area (Å²) in [4.78, 5) is 23.2. The predicted molar refractivity (Wildman–Crippen MR) is 189 cm³/mol. The number of allylic oxidation sites excluding steroid dienone is 2. The number of hydrogen-bond acceptors (Lipinski definition) is 7. The Morgan fingerprint density at radius 3 is 2.38 bits per heavy atom. The van der Waals surface area contributed by atoms with Crippen LogP contribution in [0.3, 0.4) is 0 Å². The highest BCUT2D eigenvalue weighted by atomic mass is 16.5. The van der Waals surface area contributed by atoms with Gasteiger partial charge in [-0.3, -0.25) is 14.7 Å². The molecule has 2 aliphatic rings. The van der Waals surface area contributed by atoms with E-state index in [9.17, 15) is 9.90 Å². The van der Waals surface area contributed by atoms with E-state index in [0.717, 1.165) is 76.5 Å². The van der Waals surface area contributed by atoms with Gasteiger partial charge in [-0.05, 0) is 94.5 Å². The number of likely N-dealkylation sites (tertiary alicyclic amines) is 1. The molecule has 0 aromatic carbocycles. The topological polar surface area (TPSA) is 89.4 Å². The lowest BCUT2D eigenvalue weighted by atomic mass is 9.77. The summed E-state index contributed by atoms with van der Waals surface area (Å²) in [6.45, 7) is 20.0. The first-order valence-electron chi connectivity index (χ1n) is 18.2. The van der Waals surface area contributed by atoms with Crippen LogP contribution in [0.4, 0.5) is 0 Å². The zero-order valence-corrected chi connectivity index (χ0v) is 30.6. The van der Waals surface area contributed by atoms with Crippen LogP contribution in [0.2, 0.25) is 0 Å². The molecule has 1 aliphatic heterocycles. The smallest absolute Gasteiger partial charge is 0.225 e. The van der Waals surface area contributed by atoms with Gasteiger partial charge in [0, 0.05) is 58.1 Å². The van der Waals surface area contributed by atoms with Gasteiger partial charge in [0.2, 0.25) is 5.91 Å². The highest BCUT2D eigenvalue weighted by Crippen LogP contribution is 2.34. The fourth-order valence-electron chi connectivity index (χ4n) is 7.21. The van der Waals surface area contributed by atoms with Crippen molar-refractivity contribution >= 4 is 12.1 Å². The highest BCUT2D eigenvalue weighted by molar-refractivity contribution is 5.79. The van der Waals surface area contributed by atoms with E-state index < -0.39 is 6.23 Å². The molecule has 8 heteroatoms. The Labute approximate surface area is 277 Å². The van der Waals surface area contributed by atoms with Crippen molar-refractivity contribution in [2.24, 2.45) is 40.0 Å². The quantitative estimate of drug-likeness (QED) is 0.0664. The molecule has 45 heavy (non-hydrogen) atoms. The maximum absolute atomic E-state index is 14.0. The third-order valence-electron chi connectivity index (χ3n) is 9.86. The lowest BCUT2D eigenvalue weighted by Crippen LogP contribution is -2.58. The van der Waals surface area contributed by atoms with Crippen LogP contribution in [0.5, 0.6) is 0 Å². The van der Waals surface area contributed by atoms with Gasteiger partial charge in [0.25, 0.3) is 0 Å². The second-order valence-corrected chi connectivity index (χ2v) is 15.3. The normalized spacial score (nSPS) is 21.9. The van der Waals surface area contributed by atoms with Crippen molar-refractivity contribution in [2.75, 3.05) is 53.5 Å². The second-order valence-electron chi connectivity index (χ2n) is 15.3. The first-order valence-corrected chi connectivity index (χ1v) is 18.2. The van der Waals surface area contributed by atoms with Crippen LogP contribution in [0.15, 0.2) is 17.1 Å². The second kappa shape index (κ2) is 20.8. The molecule has 0 spiro atoms. The molecule has 4 unspecified atom stereocenters. The minimum atomic E-state index is -0.749. The molecule has 0 bridgehead atoms. The van der Waals surface area contributed by atoms with E-state index in [2.05, 4.69) is 81.1 Å². The number of nitrogens with one attached hydrogen (secondary N) is 2. The van der Waals surface area contributed by atoms with Gasteiger partial charge in [0.05, 0.1) is 12.1 Å². The Kier molecular flexibility index (Phi) is 18.4. The van der Waals surface area contributed by atoms with Crippen molar-refractivity contribution in [3.8, 4) is 0 Å². The number of piperidine rings is 1. The number of nitrogens with zero attached hydrogens (tertiary/aromatic N) is 3. The van der Waals surface area contributed by atoms with Gasteiger partial charge in [0.1, 0.15) is 6.23 Å². The van der Waals surface area contributed by atoms with E-state index in [1.165, 1.54) is 19.3 Å². The van der Waals surface area contributed by atoms with E-state index in [1.54, 1.807) is 7.11 Å². The number of hydrogen-bond donors (Lipinski definition) is 3. The number of aliphatic hydroxyl groups is 1. The molecular formula is C37H71N5O3. The molecule has 1 saturated heterocycles. The summed E-state index contributed by atoms with van der Waals surface area (Å²) in [5, 5.41) is 19.2. The molecule has 1 amide bonds. The van der Waals surface area contributed by atoms with Gasteiger partial charge in [0.15, 0.2) is 0 Å². The summed E-state index contributed by atoms with van der Waals surface area (Å²) in [7, 11) is 3.66. The number of aliphatic imine (C=N–C) groups is 1. The van der Waals surface area contributed by atoms with E-state index in [0.29, 0.717) is 25.0 Å². The summed E-state index contributed by atoms with van der Waals surface area (Å²) >= 11 is 0. The molecule has 8 nitrogen and oxygen atoms in total. The Morgan fingerprint density at radius 2 is 1.84 bits per heavy atom. The maximum atomic E-state index is 14.0. The van der Waals surface area contributed by atoms with Crippen molar-refractivity contribution in [3.63, 3.8) is 0 Å². The zero-order chi connectivity index (χ0) is 33.4. The average molecular weight is 634 g/mol. The van der Waals surface area contributed by atoms with Crippen molar-refractivity contribution in [2.45, 2.75) is 125 Å². The molecule has 1 aliphatic carbocycles. The molecule has 1 heterocycles. The monoisotopic (exact) mass is 634 g/mol. The van der Waals surface area contributed by atoms with Crippen LogP contribution in [-0.4, -0.2) is 99.0 Å². The zero-order valence-electron chi connectivity index (χ0n) is 30.6. The van der Waals surface area contributed by atoms with Gasteiger partial charge in [-0.1, -0.05) is 60.6 Å². The molecule has 1 fully saturated rings. The fourth-order valence-corrected chi connectivity index (χ4v) is 7.21. The molecule has 0 saturated carbocycles. The standard InChI is InChI=1S/C37H71N5O3/c1-10-29(35(43)41-21-18-31(19-22-41)30-16-13-12-14-17-30)24-32(11-2)42(26-28(3)4)36(44)33(25-39-27-37(5,6)7)34(38-8)40-20-15-23-45-9/h12-13,25,28-34,36,38,40,44H,10-11,14-24,26-27H2,1-9H3/b39-25-/t29-,30?,32+,33?,34?,36?/m0/s1. The minimum Gasteiger partial charge on any atom is -0.385 e. The molecule has 0 aromatic rings. The molecule has 3 N–H and O–H groups in total. The summed E-state index contributed by atoms with van der Waals surface area (Å²) in [5.74, 6) is 1.92. The average Bonchev–Trinajstić information content (AvgIpc) is 3.02. The van der Waals surface area contributed by atoms with Crippen molar-refractivity contribution < 1.29 is 14.6 Å². The first kappa shape index (κ1) is 39.9. The van der Waals surface area contributed by atoms with Crippen molar-refractivity contribution in [1.82, 2.24) is 20.4 Å². The van der Waals surface area contributed by atoms with Gasteiger partial charge < -0.3 is 25.4 Å². The number of carbonyl (C=O) groups is 1. The van der Waals surface area contributed by atoms with Crippen LogP contribution in [0.1, 0.15) is 106 Å². The first-order chi connectivity index (χ1) is 21.4. The van der Waals surface area contributed by atoms with Crippen LogP contribution in [0.25, 0.3) is 0 Å². The number of amides is 1. The van der Waals surface area contributed by atoms with Gasteiger partial charge >= 0.3 is 0 Å². The molecule has 6 atom stereocenters. The van der Waals surface area contributed by atoms with E-state index in [1.807, 2.05) is 13.3 Å². The number of aliphatic hydroxyl groups excluding tert-OH is 1. The molecule has 0 aromatic heterocycles. The van der Waals surface area contributed by atoms with Crippen molar-refractivity contribution in [1.29, 1.82) is 0 Å². The summed E-state index contributed by atoms with van der Waals surface area (Å²) < 4.78 is 5.26.